The van der Waals surface area contributed by atoms with E-state index in [1.54, 1.807) is 0 Å². The fourth-order valence-electron chi connectivity index (χ4n) is 1.46. The summed E-state index contributed by atoms with van der Waals surface area (Å²) in [5.41, 5.74) is 0. The lowest BCUT2D eigenvalue weighted by Crippen LogP contribution is -2.27. The summed E-state index contributed by atoms with van der Waals surface area (Å²) in [6.07, 6.45) is 0. The summed E-state index contributed by atoms with van der Waals surface area (Å²) in [4.78, 5) is 11.5. The predicted octanol–water partition coefficient (Wildman–Crippen LogP) is 1.92. The summed E-state index contributed by atoms with van der Waals surface area (Å²) < 4.78 is 32.8. The Morgan fingerprint density at radius 3 is 2.65 bits per heavy atom. The standard InChI is InChI=1S/C12H18ClNO5S/c1-8(2)7-18-5-4-14-12(15)10-6-11(9(3)19-10)20(13,16)17/h6,8H,4-5,7H2,1-3H3,(H,14,15). The van der Waals surface area contributed by atoms with Gasteiger partial charge in [-0.05, 0) is 12.8 Å². The van der Waals surface area contributed by atoms with Gasteiger partial charge in [0.1, 0.15) is 10.7 Å². The molecule has 1 rings (SSSR count). The van der Waals surface area contributed by atoms with Gasteiger partial charge in [-0.15, -0.1) is 0 Å². The highest BCUT2D eigenvalue weighted by atomic mass is 35.7. The van der Waals surface area contributed by atoms with Crippen molar-refractivity contribution in [2.24, 2.45) is 5.92 Å². The van der Waals surface area contributed by atoms with Gasteiger partial charge >= 0.3 is 0 Å². The second-order valence-electron chi connectivity index (χ2n) is 4.69. The number of aryl methyl sites for hydroxylation is 1. The molecule has 0 bridgehead atoms. The van der Waals surface area contributed by atoms with Crippen molar-refractivity contribution in [2.45, 2.75) is 25.7 Å². The average Bonchev–Trinajstić information content (AvgIpc) is 2.70. The van der Waals surface area contributed by atoms with Crippen LogP contribution in [0.25, 0.3) is 0 Å². The Morgan fingerprint density at radius 2 is 2.15 bits per heavy atom. The largest absolute Gasteiger partial charge is 0.455 e. The first kappa shape index (κ1) is 17.0. The third-order valence-electron chi connectivity index (χ3n) is 2.34. The van der Waals surface area contributed by atoms with Gasteiger partial charge in [-0.3, -0.25) is 4.79 Å². The number of amides is 1. The molecule has 6 nitrogen and oxygen atoms in total. The maximum Gasteiger partial charge on any atom is 0.287 e. The molecule has 0 aliphatic carbocycles. The minimum atomic E-state index is -3.91. The van der Waals surface area contributed by atoms with Crippen LogP contribution in [0.1, 0.15) is 30.2 Å². The number of furan rings is 1. The second-order valence-corrected chi connectivity index (χ2v) is 7.23. The van der Waals surface area contributed by atoms with Crippen molar-refractivity contribution in [1.82, 2.24) is 5.32 Å². The van der Waals surface area contributed by atoms with Crippen molar-refractivity contribution < 1.29 is 22.4 Å². The molecule has 1 aromatic rings. The number of ether oxygens (including phenoxy) is 1. The minimum Gasteiger partial charge on any atom is -0.455 e. The van der Waals surface area contributed by atoms with Crippen LogP contribution in [0.5, 0.6) is 0 Å². The Morgan fingerprint density at radius 1 is 1.50 bits per heavy atom. The molecule has 8 heteroatoms. The van der Waals surface area contributed by atoms with Crippen LogP contribution in [-0.4, -0.2) is 34.1 Å². The maximum atomic E-state index is 11.7. The van der Waals surface area contributed by atoms with Crippen molar-refractivity contribution in [3.63, 3.8) is 0 Å². The van der Waals surface area contributed by atoms with E-state index in [0.717, 1.165) is 6.07 Å². The lowest BCUT2D eigenvalue weighted by molar-refractivity contribution is 0.0862. The molecule has 0 fully saturated rings. The Bertz CT molecular complexity index is 564. The molecule has 114 valence electrons. The molecule has 0 aliphatic heterocycles. The number of halogens is 1. The third-order valence-corrected chi connectivity index (χ3v) is 3.77. The zero-order valence-electron chi connectivity index (χ0n) is 11.6. The summed E-state index contributed by atoms with van der Waals surface area (Å²) in [5, 5.41) is 2.57. The number of hydrogen-bond acceptors (Lipinski definition) is 5. The molecular weight excluding hydrogens is 306 g/mol. The normalized spacial score (nSPS) is 11.8. The Labute approximate surface area is 122 Å². The van der Waals surface area contributed by atoms with Crippen LogP contribution in [0.4, 0.5) is 0 Å². The van der Waals surface area contributed by atoms with Gasteiger partial charge in [0.15, 0.2) is 5.76 Å². The van der Waals surface area contributed by atoms with Gasteiger partial charge in [0.05, 0.1) is 6.61 Å². The van der Waals surface area contributed by atoms with Gasteiger partial charge in [0.2, 0.25) is 0 Å². The molecule has 1 heterocycles. The summed E-state index contributed by atoms with van der Waals surface area (Å²) >= 11 is 0. The highest BCUT2D eigenvalue weighted by molar-refractivity contribution is 8.13. The molecule has 0 saturated carbocycles. The number of hydrogen-bond donors (Lipinski definition) is 1. The van der Waals surface area contributed by atoms with Gasteiger partial charge < -0.3 is 14.5 Å². The van der Waals surface area contributed by atoms with Crippen molar-refractivity contribution in [1.29, 1.82) is 0 Å². The Kier molecular flexibility index (Phi) is 6.04. The fraction of sp³-hybridized carbons (Fsp3) is 0.583. The van der Waals surface area contributed by atoms with Crippen LogP contribution in [0, 0.1) is 12.8 Å². The van der Waals surface area contributed by atoms with E-state index in [-0.39, 0.29) is 16.4 Å². The maximum absolute atomic E-state index is 11.7. The van der Waals surface area contributed by atoms with Crippen molar-refractivity contribution in [2.75, 3.05) is 19.8 Å². The molecule has 0 radical (unpaired) electrons. The van der Waals surface area contributed by atoms with Crippen molar-refractivity contribution in [3.8, 4) is 0 Å². The van der Waals surface area contributed by atoms with E-state index in [1.807, 2.05) is 13.8 Å². The number of carbonyl (C=O) groups is 1. The molecule has 0 atom stereocenters. The number of nitrogens with one attached hydrogen (secondary N) is 1. The summed E-state index contributed by atoms with van der Waals surface area (Å²) in [7, 11) is 1.31. The van der Waals surface area contributed by atoms with E-state index < -0.39 is 15.0 Å². The molecule has 20 heavy (non-hydrogen) atoms. The lowest BCUT2D eigenvalue weighted by atomic mass is 10.2. The molecule has 0 aliphatic rings. The zero-order valence-corrected chi connectivity index (χ0v) is 13.2. The SMILES string of the molecule is Cc1oc(C(=O)NCCOCC(C)C)cc1S(=O)(=O)Cl. The van der Waals surface area contributed by atoms with Gasteiger partial charge in [-0.2, -0.15) is 0 Å². The fourth-order valence-corrected chi connectivity index (χ4v) is 2.55. The van der Waals surface area contributed by atoms with E-state index in [9.17, 15) is 13.2 Å². The predicted molar refractivity (Wildman–Crippen MR) is 74.5 cm³/mol. The van der Waals surface area contributed by atoms with Crippen molar-refractivity contribution in [3.05, 3.63) is 17.6 Å². The minimum absolute atomic E-state index is 0.0845. The van der Waals surface area contributed by atoms with Gasteiger partial charge in [-0.25, -0.2) is 8.42 Å². The van der Waals surface area contributed by atoms with Gasteiger partial charge in [0.25, 0.3) is 15.0 Å². The summed E-state index contributed by atoms with van der Waals surface area (Å²) in [5.74, 6) is -0.0884. The first-order valence-electron chi connectivity index (χ1n) is 6.13. The second kappa shape index (κ2) is 7.10. The molecule has 1 aromatic heterocycles. The smallest absolute Gasteiger partial charge is 0.287 e. The van der Waals surface area contributed by atoms with E-state index in [2.05, 4.69) is 5.32 Å². The quantitative estimate of drug-likeness (QED) is 0.612. The average molecular weight is 324 g/mol. The third kappa shape index (κ3) is 5.15. The lowest BCUT2D eigenvalue weighted by Gasteiger charge is -2.07. The highest BCUT2D eigenvalue weighted by Crippen LogP contribution is 2.23. The molecule has 1 N–H and O–H groups in total. The number of carbonyl (C=O) groups excluding carboxylic acids is 1. The molecule has 0 aromatic carbocycles. The Balaban J connectivity index is 2.53. The monoisotopic (exact) mass is 323 g/mol. The number of rotatable bonds is 7. The molecule has 0 saturated heterocycles. The van der Waals surface area contributed by atoms with Crippen LogP contribution in [0.15, 0.2) is 15.4 Å². The molecule has 0 spiro atoms. The molecule has 0 unspecified atom stereocenters. The van der Waals surface area contributed by atoms with Crippen LogP contribution >= 0.6 is 10.7 Å². The van der Waals surface area contributed by atoms with Crippen LogP contribution in [0.2, 0.25) is 0 Å². The molecule has 1 amide bonds. The molecular formula is C12H18ClNO5S. The highest BCUT2D eigenvalue weighted by Gasteiger charge is 2.21. The zero-order chi connectivity index (χ0) is 15.3. The van der Waals surface area contributed by atoms with Crippen LogP contribution in [0.3, 0.4) is 0 Å². The first-order chi connectivity index (χ1) is 9.21. The van der Waals surface area contributed by atoms with Crippen LogP contribution in [-0.2, 0) is 13.8 Å². The first-order valence-corrected chi connectivity index (χ1v) is 8.43. The van der Waals surface area contributed by atoms with E-state index in [0.29, 0.717) is 25.7 Å². The van der Waals surface area contributed by atoms with Gasteiger partial charge in [-0.1, -0.05) is 13.8 Å². The van der Waals surface area contributed by atoms with E-state index in [1.165, 1.54) is 6.92 Å². The summed E-state index contributed by atoms with van der Waals surface area (Å²) in [6.45, 7) is 6.79. The van der Waals surface area contributed by atoms with Crippen LogP contribution < -0.4 is 5.32 Å². The summed E-state index contributed by atoms with van der Waals surface area (Å²) in [6, 6.07) is 1.11. The van der Waals surface area contributed by atoms with Gasteiger partial charge in [0, 0.05) is 29.9 Å². The van der Waals surface area contributed by atoms with Crippen molar-refractivity contribution >= 4 is 25.6 Å². The topological polar surface area (TPSA) is 85.6 Å². The Hall–Kier alpha value is -1.05. The van der Waals surface area contributed by atoms with E-state index >= 15 is 0 Å². The van der Waals surface area contributed by atoms with E-state index in [4.69, 9.17) is 19.8 Å².